The van der Waals surface area contributed by atoms with E-state index in [4.69, 9.17) is 0 Å². The van der Waals surface area contributed by atoms with Gasteiger partial charge in [-0.15, -0.1) is 47.0 Å². The Hall–Kier alpha value is 0.680. The number of ketones is 2. The molecule has 0 N–H and O–H groups in total. The third-order valence-electron chi connectivity index (χ3n) is 6.34. The van der Waals surface area contributed by atoms with Crippen LogP contribution in [0.4, 0.5) is 0 Å². The molecule has 2 aromatic rings. The van der Waals surface area contributed by atoms with E-state index in [1.165, 1.54) is 92.1 Å². The predicted molar refractivity (Wildman–Crippen MR) is 209 cm³/mol. The summed E-state index contributed by atoms with van der Waals surface area (Å²) < 4.78 is 10.3. The number of thioether (sulfide) groups is 12. The van der Waals surface area contributed by atoms with Crippen molar-refractivity contribution in [3.8, 4) is 0 Å². The van der Waals surface area contributed by atoms with Crippen molar-refractivity contribution in [2.45, 2.75) is 9.79 Å². The molecule has 2 nitrogen and oxygen atoms in total. The van der Waals surface area contributed by atoms with Crippen LogP contribution in [0.5, 0.6) is 0 Å². The van der Waals surface area contributed by atoms with Crippen LogP contribution in [-0.4, -0.2) is 36.6 Å². The smallest absolute Gasteiger partial charge is 0.193 e. The molecule has 4 aliphatic heterocycles. The van der Waals surface area contributed by atoms with Gasteiger partial charge in [0.25, 0.3) is 0 Å². The summed E-state index contributed by atoms with van der Waals surface area (Å²) in [6.07, 6.45) is 11.4. The van der Waals surface area contributed by atoms with Gasteiger partial charge in [0, 0.05) is 20.2 Å². The minimum absolute atomic E-state index is 0.0684. The summed E-state index contributed by atoms with van der Waals surface area (Å²) in [6, 6.07) is 9.39. The van der Waals surface area contributed by atoms with E-state index in [-0.39, 0.29) is 11.6 Å². The molecule has 0 fully saturated rings. The summed E-state index contributed by atoms with van der Waals surface area (Å²) in [5, 5.41) is 5.13. The lowest BCUT2D eigenvalue weighted by Gasteiger charge is -2.08. The Bertz CT molecular complexity index is 1750. The highest BCUT2D eigenvalue weighted by atomic mass is 32.3. The molecule has 42 heavy (non-hydrogen) atoms. The molecule has 0 atom stereocenters. The van der Waals surface area contributed by atoms with Crippen molar-refractivity contribution >= 4 is 172 Å². The molecule has 0 spiro atoms. The van der Waals surface area contributed by atoms with Gasteiger partial charge in [0.15, 0.2) is 11.6 Å². The Kier molecular flexibility index (Phi) is 9.73. The highest BCUT2D eigenvalue weighted by Gasteiger charge is 2.35. The average molecular weight is 771 g/mol. The first-order valence-corrected chi connectivity index (χ1v) is 23.5. The topological polar surface area (TPSA) is 34.1 Å². The highest BCUT2D eigenvalue weighted by molar-refractivity contribution is 8.46. The van der Waals surface area contributed by atoms with Crippen LogP contribution in [0, 0.1) is 0 Å². The van der Waals surface area contributed by atoms with Crippen LogP contribution < -0.4 is 10.4 Å². The Morgan fingerprint density at radius 2 is 0.833 bits per heavy atom. The first-order chi connectivity index (χ1) is 20.4. The molecule has 14 heteroatoms. The monoisotopic (exact) mass is 770 g/mol. The van der Waals surface area contributed by atoms with Gasteiger partial charge in [-0.05, 0) is 60.1 Å². The number of hydrogen-bond donors (Lipinski definition) is 0. The van der Waals surface area contributed by atoms with Gasteiger partial charge in [-0.3, -0.25) is 9.59 Å². The van der Waals surface area contributed by atoms with Gasteiger partial charge < -0.3 is 0 Å². The van der Waals surface area contributed by atoms with Crippen LogP contribution in [0.15, 0.2) is 81.4 Å². The maximum absolute atomic E-state index is 12.5. The summed E-state index contributed by atoms with van der Waals surface area (Å²) in [6.45, 7) is 0. The molecule has 214 valence electrons. The molecule has 0 unspecified atom stereocenters. The summed E-state index contributed by atoms with van der Waals surface area (Å²) in [5.41, 5.74) is 0. The molecular formula is C28H18O2S12. The molecule has 5 aliphatic rings. The normalized spacial score (nSPS) is 20.5. The molecule has 0 amide bonds. The summed E-state index contributed by atoms with van der Waals surface area (Å²) >= 11 is 21.3. The van der Waals surface area contributed by atoms with Crippen LogP contribution >= 0.6 is 141 Å². The number of carbonyl (C=O) groups is 2. The molecule has 7 rings (SSSR count). The van der Waals surface area contributed by atoms with Crippen molar-refractivity contribution in [3.63, 3.8) is 0 Å². The number of carbonyl (C=O) groups excluding carboxylic acids is 2. The Labute approximate surface area is 295 Å². The Balaban J connectivity index is 1.37. The third kappa shape index (κ3) is 5.63. The van der Waals surface area contributed by atoms with Gasteiger partial charge >= 0.3 is 0 Å². The van der Waals surface area contributed by atoms with E-state index in [0.717, 1.165) is 8.47 Å². The second kappa shape index (κ2) is 13.1. The summed E-state index contributed by atoms with van der Waals surface area (Å²) in [4.78, 5) is 28.6. The minimum Gasteiger partial charge on any atom is -0.289 e. The van der Waals surface area contributed by atoms with Crippen LogP contribution in [-0.2, 0) is 9.59 Å². The van der Waals surface area contributed by atoms with Gasteiger partial charge in [-0.1, -0.05) is 106 Å². The van der Waals surface area contributed by atoms with E-state index >= 15 is 0 Å². The maximum atomic E-state index is 12.5. The molecule has 4 heterocycles. The second-order valence-corrected chi connectivity index (χ2v) is 22.2. The lowest BCUT2D eigenvalue weighted by atomic mass is 10.1. The number of benzene rings is 2. The fraction of sp³-hybridized carbons (Fsp3) is 0.143. The Morgan fingerprint density at radius 3 is 1.19 bits per heavy atom. The van der Waals surface area contributed by atoms with E-state index in [1.807, 2.05) is 94.1 Å². The predicted octanol–water partition coefficient (Wildman–Crippen LogP) is 10.4. The van der Waals surface area contributed by atoms with Crippen LogP contribution in [0.1, 0.15) is 0 Å². The zero-order chi connectivity index (χ0) is 29.1. The second-order valence-electron chi connectivity index (χ2n) is 8.66. The van der Waals surface area contributed by atoms with Crippen molar-refractivity contribution in [2.24, 2.45) is 0 Å². The van der Waals surface area contributed by atoms with Crippen molar-refractivity contribution in [2.75, 3.05) is 25.0 Å². The van der Waals surface area contributed by atoms with E-state index in [1.54, 1.807) is 23.5 Å². The minimum atomic E-state index is -0.0684. The number of hydrogen-bond acceptors (Lipinski definition) is 14. The molecule has 0 aromatic heterocycles. The van der Waals surface area contributed by atoms with Crippen LogP contribution in [0.25, 0.3) is 19.2 Å². The Morgan fingerprint density at radius 1 is 0.476 bits per heavy atom. The number of allylic oxidation sites excluding steroid dienone is 4. The SMILES string of the molecule is CSC1=C(SC)SC(=c2ccc(=C3SC(SC)=C(SC)S3)c3cc4c(cc23)SC(=C2SC3=C(S2)C(=O)C=CC3=O)S4)S1. The fourth-order valence-electron chi connectivity index (χ4n) is 4.45. The highest BCUT2D eigenvalue weighted by Crippen LogP contribution is 2.62. The molecule has 0 radical (unpaired) electrons. The summed E-state index contributed by atoms with van der Waals surface area (Å²) in [5.74, 6) is -0.137. The lowest BCUT2D eigenvalue weighted by molar-refractivity contribution is -0.114. The summed E-state index contributed by atoms with van der Waals surface area (Å²) in [7, 11) is 0. The van der Waals surface area contributed by atoms with Gasteiger partial charge in [-0.2, -0.15) is 0 Å². The van der Waals surface area contributed by atoms with Gasteiger partial charge in [0.05, 0.1) is 43.7 Å². The first-order valence-electron chi connectivity index (χ1n) is 12.1. The fourth-order valence-corrected chi connectivity index (χ4v) is 19.9. The molecule has 1 aliphatic carbocycles. The molecular weight excluding hydrogens is 753 g/mol. The quantitative estimate of drug-likeness (QED) is 0.277. The van der Waals surface area contributed by atoms with Crippen molar-refractivity contribution in [3.05, 3.63) is 82.1 Å². The van der Waals surface area contributed by atoms with Crippen molar-refractivity contribution in [1.82, 2.24) is 0 Å². The largest absolute Gasteiger partial charge is 0.289 e. The van der Waals surface area contributed by atoms with E-state index in [9.17, 15) is 9.59 Å². The third-order valence-corrected chi connectivity index (χ3v) is 22.5. The van der Waals surface area contributed by atoms with E-state index in [0.29, 0.717) is 9.81 Å². The van der Waals surface area contributed by atoms with Crippen LogP contribution in [0.2, 0.25) is 0 Å². The van der Waals surface area contributed by atoms with E-state index < -0.39 is 0 Å². The maximum Gasteiger partial charge on any atom is 0.193 e. The van der Waals surface area contributed by atoms with Gasteiger partial charge in [-0.25, -0.2) is 0 Å². The molecule has 2 aromatic carbocycles. The average Bonchev–Trinajstić information content (AvgIpc) is 3.80. The zero-order valence-corrected chi connectivity index (χ0v) is 32.0. The van der Waals surface area contributed by atoms with Crippen molar-refractivity contribution < 1.29 is 9.59 Å². The van der Waals surface area contributed by atoms with Gasteiger partial charge in [0.2, 0.25) is 0 Å². The number of rotatable bonds is 4. The lowest BCUT2D eigenvalue weighted by Crippen LogP contribution is -2.13. The first kappa shape index (κ1) is 31.3. The van der Waals surface area contributed by atoms with E-state index in [2.05, 4.69) is 49.3 Å². The molecule has 0 bridgehead atoms. The molecule has 0 saturated heterocycles. The molecule has 0 saturated carbocycles. The van der Waals surface area contributed by atoms with Crippen molar-refractivity contribution in [1.29, 1.82) is 0 Å². The standard InChI is InChI=1S/C28H18O2S12/c1-31-23-24(32-2)40-21(39-23)11-5-6-12(22-41-25(33-3)26(34-4)42-22)14-10-18-17(9-13(11)14)35-27(36-18)28-37-19-15(29)7-8-16(30)20(19)38-28/h5-10H,1-4H3. The zero-order valence-electron chi connectivity index (χ0n) is 22.2. The van der Waals surface area contributed by atoms with Gasteiger partial charge in [0.1, 0.15) is 0 Å². The van der Waals surface area contributed by atoms with Crippen LogP contribution in [0.3, 0.4) is 0 Å². The number of fused-ring (bicyclic) bond motifs is 2.